The van der Waals surface area contributed by atoms with E-state index in [2.05, 4.69) is 215 Å². The van der Waals surface area contributed by atoms with E-state index in [1.54, 1.807) is 0 Å². The van der Waals surface area contributed by atoms with Crippen LogP contribution in [-0.2, 0) is 13.1 Å². The molecule has 64 heavy (non-hydrogen) atoms. The van der Waals surface area contributed by atoms with Crippen LogP contribution in [0.4, 0.5) is 34.5 Å². The van der Waals surface area contributed by atoms with E-state index in [0.717, 1.165) is 38.8 Å². The molecule has 8 aromatic rings. The summed E-state index contributed by atoms with van der Waals surface area (Å²) in [5, 5.41) is 0. The molecule has 0 aliphatic rings. The van der Waals surface area contributed by atoms with Gasteiger partial charge in [-0.1, -0.05) is 133 Å². The SMILES string of the molecule is F[B-](F)(F)F.F[B-](F)(F)F.c1ccc(-c2cc(-c3ccccc3)[n+](CCCCCC[n+]3c(-c4ccccc4)cc(-c4ccccc4)cc3-c3ccccc3)c(-c3ccccc3)c2)cc1. The van der Waals surface area contributed by atoms with Crippen LogP contribution in [0.5, 0.6) is 0 Å². The van der Waals surface area contributed by atoms with Crippen LogP contribution in [-0.4, -0.2) is 14.5 Å². The fraction of sp³-hybridized carbons (Fsp3) is 0.115. The molecule has 2 nitrogen and oxygen atoms in total. The second-order valence-electron chi connectivity index (χ2n) is 14.9. The Labute approximate surface area is 369 Å². The average Bonchev–Trinajstić information content (AvgIpc) is 3.30. The maximum Gasteiger partial charge on any atom is 0.673 e. The topological polar surface area (TPSA) is 7.76 Å². The largest absolute Gasteiger partial charge is 0.673 e. The molecule has 0 unspecified atom stereocenters. The smallest absolute Gasteiger partial charge is 0.418 e. The van der Waals surface area contributed by atoms with Gasteiger partial charge in [-0.3, -0.25) is 0 Å². The molecular weight excluding hydrogens is 826 g/mol. The number of benzene rings is 6. The van der Waals surface area contributed by atoms with Crippen LogP contribution < -0.4 is 9.13 Å². The van der Waals surface area contributed by atoms with Gasteiger partial charge in [0, 0.05) is 59.4 Å². The molecule has 0 radical (unpaired) electrons. The molecule has 0 saturated carbocycles. The Bertz CT molecular complexity index is 2310. The van der Waals surface area contributed by atoms with Crippen LogP contribution in [0.2, 0.25) is 0 Å². The van der Waals surface area contributed by atoms with Crippen molar-refractivity contribution in [1.29, 1.82) is 0 Å². The maximum absolute atomic E-state index is 9.75. The van der Waals surface area contributed by atoms with Gasteiger partial charge in [-0.15, -0.1) is 0 Å². The van der Waals surface area contributed by atoms with E-state index in [9.17, 15) is 34.5 Å². The van der Waals surface area contributed by atoms with Gasteiger partial charge in [0.25, 0.3) is 0 Å². The molecule has 2 heterocycles. The Kier molecular flexibility index (Phi) is 16.4. The molecule has 0 amide bonds. The van der Waals surface area contributed by atoms with Crippen LogP contribution in [0.3, 0.4) is 0 Å². The first-order valence-corrected chi connectivity index (χ1v) is 21.0. The van der Waals surface area contributed by atoms with E-state index in [0.29, 0.717) is 0 Å². The first-order chi connectivity index (χ1) is 30.8. The van der Waals surface area contributed by atoms with Crippen LogP contribution in [0.1, 0.15) is 25.7 Å². The van der Waals surface area contributed by atoms with E-state index in [1.165, 1.54) is 67.3 Å². The molecule has 0 aliphatic carbocycles. The van der Waals surface area contributed by atoms with Gasteiger partial charge in [0.05, 0.1) is 0 Å². The lowest BCUT2D eigenvalue weighted by Gasteiger charge is -2.14. The third-order valence-electron chi connectivity index (χ3n) is 10.3. The average molecular weight is 873 g/mol. The fourth-order valence-electron chi connectivity index (χ4n) is 7.61. The Morgan fingerprint density at radius 3 is 0.641 bits per heavy atom. The van der Waals surface area contributed by atoms with Gasteiger partial charge in [-0.05, 0) is 83.6 Å². The van der Waals surface area contributed by atoms with Crippen molar-refractivity contribution < 1.29 is 43.7 Å². The zero-order valence-corrected chi connectivity index (χ0v) is 34.9. The summed E-state index contributed by atoms with van der Waals surface area (Å²) in [4.78, 5) is 0. The second kappa shape index (κ2) is 22.5. The monoisotopic (exact) mass is 872 g/mol. The van der Waals surface area contributed by atoms with Crippen molar-refractivity contribution in [2.24, 2.45) is 0 Å². The minimum Gasteiger partial charge on any atom is -0.418 e. The number of pyridine rings is 2. The van der Waals surface area contributed by atoms with Crippen molar-refractivity contribution in [2.45, 2.75) is 38.8 Å². The van der Waals surface area contributed by atoms with Crippen LogP contribution in [0.15, 0.2) is 206 Å². The number of hydrogen-bond acceptors (Lipinski definition) is 0. The molecule has 0 bridgehead atoms. The number of aromatic nitrogens is 2. The lowest BCUT2D eigenvalue weighted by molar-refractivity contribution is -0.677. The first kappa shape index (κ1) is 46.7. The highest BCUT2D eigenvalue weighted by Crippen LogP contribution is 2.31. The number of halogens is 8. The minimum atomic E-state index is -6.00. The van der Waals surface area contributed by atoms with Gasteiger partial charge in [0.1, 0.15) is 13.1 Å². The van der Waals surface area contributed by atoms with Crippen molar-refractivity contribution >= 4 is 14.5 Å². The summed E-state index contributed by atoms with van der Waals surface area (Å²) in [5.74, 6) is 0. The lowest BCUT2D eigenvalue weighted by Crippen LogP contribution is -2.39. The summed E-state index contributed by atoms with van der Waals surface area (Å²) in [5.41, 5.74) is 14.9. The molecule has 0 aliphatic heterocycles. The van der Waals surface area contributed by atoms with Crippen molar-refractivity contribution in [1.82, 2.24) is 0 Å². The van der Waals surface area contributed by atoms with Crippen molar-refractivity contribution in [3.8, 4) is 67.3 Å². The summed E-state index contributed by atoms with van der Waals surface area (Å²) >= 11 is 0. The number of nitrogens with zero attached hydrogens (tertiary/aromatic N) is 2. The molecule has 8 rings (SSSR count). The molecule has 326 valence electrons. The van der Waals surface area contributed by atoms with Crippen LogP contribution in [0.25, 0.3) is 67.3 Å². The number of hydrogen-bond donors (Lipinski definition) is 0. The Balaban J connectivity index is 0.000000615. The summed E-state index contributed by atoms with van der Waals surface area (Å²) in [6.07, 6.45) is 4.51. The van der Waals surface area contributed by atoms with E-state index < -0.39 is 14.5 Å². The fourth-order valence-corrected chi connectivity index (χ4v) is 7.61. The normalized spacial score (nSPS) is 11.2. The van der Waals surface area contributed by atoms with Gasteiger partial charge in [-0.2, -0.15) is 9.13 Å². The number of rotatable bonds is 13. The molecule has 12 heteroatoms. The molecule has 6 aromatic carbocycles. The second-order valence-corrected chi connectivity index (χ2v) is 14.9. The summed E-state index contributed by atoms with van der Waals surface area (Å²) in [6.45, 7) is 1.90. The van der Waals surface area contributed by atoms with Gasteiger partial charge >= 0.3 is 14.5 Å². The van der Waals surface area contributed by atoms with E-state index in [1.807, 2.05) is 0 Å². The molecular formula is C52H46B2F8N2. The third-order valence-corrected chi connectivity index (χ3v) is 10.3. The third kappa shape index (κ3) is 14.4. The number of unbranched alkanes of at least 4 members (excludes halogenated alkanes) is 3. The molecule has 0 N–H and O–H groups in total. The minimum absolute atomic E-state index is 0.951. The standard InChI is InChI=1S/C52H46N2.2BF4/c1(21-35-53-49(43-27-13-5-14-28-43)37-47(41-23-9-3-10-24-41)38-50(53)44-29-15-6-16-30-44)2-22-36-54-51(45-31-17-7-18-32-45)39-48(42-25-11-4-12-26-42)40-52(54)46-33-19-8-20-34-46;2*2-1(3,4)5/h3-20,23-34,37-40H,1-2,21-22,35-36H2;;/q+2;2*-1. The van der Waals surface area contributed by atoms with Gasteiger partial charge in [0.2, 0.25) is 22.8 Å². The van der Waals surface area contributed by atoms with E-state index in [4.69, 9.17) is 0 Å². The van der Waals surface area contributed by atoms with Crippen molar-refractivity contribution in [3.63, 3.8) is 0 Å². The highest BCUT2D eigenvalue weighted by atomic mass is 19.5. The predicted molar refractivity (Wildman–Crippen MR) is 245 cm³/mol. The van der Waals surface area contributed by atoms with Crippen LogP contribution in [0, 0.1) is 0 Å². The van der Waals surface area contributed by atoms with Gasteiger partial charge in [-0.25, -0.2) is 0 Å². The van der Waals surface area contributed by atoms with E-state index in [-0.39, 0.29) is 0 Å². The summed E-state index contributed by atoms with van der Waals surface area (Å²) in [7, 11) is -12.0. The highest BCUT2D eigenvalue weighted by molar-refractivity contribution is 6.50. The lowest BCUT2D eigenvalue weighted by atomic mass is 9.98. The van der Waals surface area contributed by atoms with Crippen molar-refractivity contribution in [2.75, 3.05) is 0 Å². The van der Waals surface area contributed by atoms with Gasteiger partial charge < -0.3 is 34.5 Å². The Hall–Kier alpha value is -6.81. The Morgan fingerprint density at radius 1 is 0.250 bits per heavy atom. The maximum atomic E-state index is 9.75. The van der Waals surface area contributed by atoms with Crippen molar-refractivity contribution in [3.05, 3.63) is 206 Å². The quantitative estimate of drug-likeness (QED) is 0.0472. The van der Waals surface area contributed by atoms with Gasteiger partial charge in [0.15, 0.2) is 0 Å². The van der Waals surface area contributed by atoms with Crippen LogP contribution >= 0.6 is 0 Å². The molecule has 2 aromatic heterocycles. The summed E-state index contributed by atoms with van der Waals surface area (Å²) < 4.78 is 83.1. The highest BCUT2D eigenvalue weighted by Gasteiger charge is 2.25. The Morgan fingerprint density at radius 2 is 0.438 bits per heavy atom. The molecule has 0 atom stereocenters. The zero-order valence-electron chi connectivity index (χ0n) is 34.9. The van der Waals surface area contributed by atoms with E-state index >= 15 is 0 Å². The zero-order chi connectivity index (χ0) is 45.4. The molecule has 0 saturated heterocycles. The predicted octanol–water partition coefficient (Wildman–Crippen LogP) is 15.1. The molecule has 0 spiro atoms. The summed E-state index contributed by atoms with van der Waals surface area (Å²) in [6, 6.07) is 74.6. The molecule has 0 fully saturated rings. The first-order valence-electron chi connectivity index (χ1n) is 21.0.